The molecule has 7 nitrogen and oxygen atoms in total. The van der Waals surface area contributed by atoms with Crippen LogP contribution in [0.5, 0.6) is 0 Å². The Labute approximate surface area is 116 Å². The third kappa shape index (κ3) is 2.66. The number of methoxy groups -OCH3 is 1. The fraction of sp³-hybridized carbons (Fsp3) is 0.462. The number of ether oxygens (including phenoxy) is 1. The molecule has 0 saturated carbocycles. The molecule has 0 fully saturated rings. The number of amides is 1. The third-order valence-electron chi connectivity index (χ3n) is 3.04. The number of carbonyl (C=O) groups excluding carboxylic acids is 2. The van der Waals surface area contributed by atoms with E-state index in [1.54, 1.807) is 19.9 Å². The standard InChI is InChI=1S/C13H16N4O3/c1-7-5-11(15-9(3)14-7)17-13(19)10(8(2)16-17)6-12(18)20-4/h5,10H,6H2,1-4H3. The second-order valence-electron chi connectivity index (χ2n) is 4.64. The zero-order valence-electron chi connectivity index (χ0n) is 11.9. The first-order valence-corrected chi connectivity index (χ1v) is 6.20. The highest BCUT2D eigenvalue weighted by Gasteiger charge is 2.36. The quantitative estimate of drug-likeness (QED) is 0.769. The second-order valence-corrected chi connectivity index (χ2v) is 4.64. The van der Waals surface area contributed by atoms with Gasteiger partial charge in [0.25, 0.3) is 5.91 Å². The SMILES string of the molecule is COC(=O)CC1C(=O)N(c2cc(C)nc(C)n2)N=C1C. The lowest BCUT2D eigenvalue weighted by molar-refractivity contribution is -0.142. The molecular weight excluding hydrogens is 260 g/mol. The van der Waals surface area contributed by atoms with Gasteiger partial charge in [0, 0.05) is 17.5 Å². The Hall–Kier alpha value is -2.31. The average Bonchev–Trinajstić information content (AvgIpc) is 2.65. The molecule has 1 unspecified atom stereocenters. The molecule has 1 aromatic rings. The Morgan fingerprint density at radius 3 is 2.65 bits per heavy atom. The summed E-state index contributed by atoms with van der Waals surface area (Å²) in [6.45, 7) is 5.28. The summed E-state index contributed by atoms with van der Waals surface area (Å²) in [4.78, 5) is 32.0. The van der Waals surface area contributed by atoms with Gasteiger partial charge in [0.05, 0.1) is 19.4 Å². The Balaban J connectivity index is 2.27. The number of hydrazone groups is 1. The van der Waals surface area contributed by atoms with Crippen molar-refractivity contribution in [2.45, 2.75) is 27.2 Å². The highest BCUT2D eigenvalue weighted by molar-refractivity contribution is 6.15. The van der Waals surface area contributed by atoms with Crippen LogP contribution in [0.2, 0.25) is 0 Å². The first kappa shape index (κ1) is 14.1. The maximum Gasteiger partial charge on any atom is 0.306 e. The van der Waals surface area contributed by atoms with Gasteiger partial charge in [-0.05, 0) is 20.8 Å². The van der Waals surface area contributed by atoms with Gasteiger partial charge in [0.1, 0.15) is 5.82 Å². The predicted molar refractivity (Wildman–Crippen MR) is 72.2 cm³/mol. The van der Waals surface area contributed by atoms with E-state index in [1.807, 2.05) is 6.92 Å². The molecule has 1 aliphatic rings. The van der Waals surface area contributed by atoms with Gasteiger partial charge in [0.2, 0.25) is 0 Å². The molecule has 0 spiro atoms. The lowest BCUT2D eigenvalue weighted by Gasteiger charge is -2.13. The molecule has 0 bridgehead atoms. The van der Waals surface area contributed by atoms with Crippen LogP contribution in [0.25, 0.3) is 0 Å². The summed E-state index contributed by atoms with van der Waals surface area (Å²) in [5, 5.41) is 5.42. The van der Waals surface area contributed by atoms with Crippen LogP contribution < -0.4 is 5.01 Å². The van der Waals surface area contributed by atoms with Crippen molar-refractivity contribution in [3.63, 3.8) is 0 Å². The van der Waals surface area contributed by atoms with Crippen LogP contribution in [-0.4, -0.2) is 34.7 Å². The minimum Gasteiger partial charge on any atom is -0.469 e. The molecule has 0 saturated heterocycles. The van der Waals surface area contributed by atoms with Crippen molar-refractivity contribution < 1.29 is 14.3 Å². The number of nitrogens with zero attached hydrogens (tertiary/aromatic N) is 4. The van der Waals surface area contributed by atoms with Crippen molar-refractivity contribution in [2.24, 2.45) is 11.0 Å². The van der Waals surface area contributed by atoms with Crippen LogP contribution in [0.4, 0.5) is 5.82 Å². The van der Waals surface area contributed by atoms with Crippen LogP contribution in [0.15, 0.2) is 11.2 Å². The number of aromatic nitrogens is 2. The fourth-order valence-corrected chi connectivity index (χ4v) is 2.06. The third-order valence-corrected chi connectivity index (χ3v) is 3.04. The van der Waals surface area contributed by atoms with Crippen LogP contribution in [0, 0.1) is 19.8 Å². The van der Waals surface area contributed by atoms with Gasteiger partial charge in [-0.2, -0.15) is 10.1 Å². The molecule has 20 heavy (non-hydrogen) atoms. The van der Waals surface area contributed by atoms with Crippen LogP contribution in [0.1, 0.15) is 24.9 Å². The monoisotopic (exact) mass is 276 g/mol. The zero-order valence-corrected chi connectivity index (χ0v) is 11.9. The molecule has 0 aromatic carbocycles. The minimum absolute atomic E-state index is 0.00971. The molecule has 0 radical (unpaired) electrons. The summed E-state index contributed by atoms with van der Waals surface area (Å²) >= 11 is 0. The molecule has 1 amide bonds. The Morgan fingerprint density at radius 1 is 1.35 bits per heavy atom. The van der Waals surface area contributed by atoms with Crippen molar-refractivity contribution in [3.8, 4) is 0 Å². The van der Waals surface area contributed by atoms with E-state index in [1.165, 1.54) is 12.1 Å². The molecule has 106 valence electrons. The van der Waals surface area contributed by atoms with E-state index < -0.39 is 11.9 Å². The lowest BCUT2D eigenvalue weighted by Crippen LogP contribution is -2.29. The van der Waals surface area contributed by atoms with Gasteiger partial charge < -0.3 is 4.74 Å². The molecule has 2 rings (SSSR count). The van der Waals surface area contributed by atoms with E-state index in [2.05, 4.69) is 19.8 Å². The molecule has 0 aliphatic carbocycles. The number of hydrogen-bond acceptors (Lipinski definition) is 6. The Bertz CT molecular complexity index is 577. The summed E-state index contributed by atoms with van der Waals surface area (Å²) < 4.78 is 4.60. The fourth-order valence-electron chi connectivity index (χ4n) is 2.06. The molecule has 1 aromatic heterocycles. The van der Waals surface area contributed by atoms with Crippen LogP contribution in [-0.2, 0) is 14.3 Å². The summed E-state index contributed by atoms with van der Waals surface area (Å²) in [6.07, 6.45) is -0.00971. The number of esters is 1. The van der Waals surface area contributed by atoms with Gasteiger partial charge in [-0.3, -0.25) is 9.59 Å². The number of anilines is 1. The smallest absolute Gasteiger partial charge is 0.306 e. The predicted octanol–water partition coefficient (Wildman–Crippen LogP) is 0.995. The van der Waals surface area contributed by atoms with Crippen molar-refractivity contribution in [1.29, 1.82) is 0 Å². The molecular formula is C13H16N4O3. The van der Waals surface area contributed by atoms with E-state index >= 15 is 0 Å². The minimum atomic E-state index is -0.585. The van der Waals surface area contributed by atoms with Gasteiger partial charge in [0.15, 0.2) is 5.82 Å². The second kappa shape index (κ2) is 5.36. The van der Waals surface area contributed by atoms with Crippen LogP contribution in [0.3, 0.4) is 0 Å². The molecule has 0 N–H and O–H groups in total. The molecule has 7 heteroatoms. The first-order chi connectivity index (χ1) is 9.42. The highest BCUT2D eigenvalue weighted by Crippen LogP contribution is 2.24. The van der Waals surface area contributed by atoms with Gasteiger partial charge in [-0.15, -0.1) is 0 Å². The number of rotatable bonds is 3. The Morgan fingerprint density at radius 2 is 2.05 bits per heavy atom. The first-order valence-electron chi connectivity index (χ1n) is 6.20. The van der Waals surface area contributed by atoms with E-state index in [4.69, 9.17) is 0 Å². The highest BCUT2D eigenvalue weighted by atomic mass is 16.5. The Kier molecular flexibility index (Phi) is 3.78. The van der Waals surface area contributed by atoms with Gasteiger partial charge >= 0.3 is 5.97 Å². The van der Waals surface area contributed by atoms with E-state index in [0.29, 0.717) is 17.4 Å². The van der Waals surface area contributed by atoms with Crippen LogP contribution >= 0.6 is 0 Å². The largest absolute Gasteiger partial charge is 0.469 e. The van der Waals surface area contributed by atoms with Crippen molar-refractivity contribution in [1.82, 2.24) is 9.97 Å². The average molecular weight is 276 g/mol. The number of hydrogen-bond donors (Lipinski definition) is 0. The van der Waals surface area contributed by atoms with Crippen molar-refractivity contribution in [3.05, 3.63) is 17.6 Å². The lowest BCUT2D eigenvalue weighted by atomic mass is 10.0. The van der Waals surface area contributed by atoms with Crippen molar-refractivity contribution in [2.75, 3.05) is 12.1 Å². The van der Waals surface area contributed by atoms with Crippen molar-refractivity contribution >= 4 is 23.4 Å². The normalized spacial score (nSPS) is 18.2. The van der Waals surface area contributed by atoms with Gasteiger partial charge in [-0.25, -0.2) is 9.97 Å². The number of carbonyl (C=O) groups is 2. The zero-order chi connectivity index (χ0) is 14.9. The maximum absolute atomic E-state index is 12.3. The summed E-state index contributed by atoms with van der Waals surface area (Å²) in [5.41, 5.74) is 1.33. The number of aryl methyl sites for hydroxylation is 2. The summed E-state index contributed by atoms with van der Waals surface area (Å²) in [7, 11) is 1.29. The summed E-state index contributed by atoms with van der Waals surface area (Å²) in [6, 6.07) is 1.68. The molecule has 1 aliphatic heterocycles. The van der Waals surface area contributed by atoms with E-state index in [9.17, 15) is 9.59 Å². The molecule has 1 atom stereocenters. The van der Waals surface area contributed by atoms with Gasteiger partial charge in [-0.1, -0.05) is 0 Å². The molecule has 2 heterocycles. The topological polar surface area (TPSA) is 84.8 Å². The van der Waals surface area contributed by atoms with E-state index in [0.717, 1.165) is 5.69 Å². The maximum atomic E-state index is 12.3. The summed E-state index contributed by atoms with van der Waals surface area (Å²) in [5.74, 6) is -0.304. The van der Waals surface area contributed by atoms with E-state index in [-0.39, 0.29) is 12.3 Å².